The van der Waals surface area contributed by atoms with Crippen molar-refractivity contribution in [3.63, 3.8) is 0 Å². The van der Waals surface area contributed by atoms with Crippen molar-refractivity contribution in [1.82, 2.24) is 5.06 Å². The monoisotopic (exact) mass is 132 g/mol. The van der Waals surface area contributed by atoms with Gasteiger partial charge in [-0.2, -0.15) is 0 Å². The molecule has 0 bridgehead atoms. The predicted molar refractivity (Wildman–Crippen MR) is 28.3 cm³/mol. The molecule has 5 heteroatoms. The van der Waals surface area contributed by atoms with Crippen LogP contribution in [0.2, 0.25) is 0 Å². The molecule has 2 amide bonds. The van der Waals surface area contributed by atoms with Gasteiger partial charge >= 0.3 is 0 Å². The van der Waals surface area contributed by atoms with Gasteiger partial charge in [-0.1, -0.05) is 0 Å². The summed E-state index contributed by atoms with van der Waals surface area (Å²) >= 11 is 0. The van der Waals surface area contributed by atoms with Crippen LogP contribution >= 0.6 is 0 Å². The van der Waals surface area contributed by atoms with Crippen molar-refractivity contribution in [3.8, 4) is 0 Å². The molecular weight excluding hydrogens is 124 g/mol. The van der Waals surface area contributed by atoms with Gasteiger partial charge in [0.2, 0.25) is 12.3 Å². The summed E-state index contributed by atoms with van der Waals surface area (Å²) in [7, 11) is 0. The molecule has 0 saturated carbocycles. The number of amides is 2. The Bertz CT molecular complexity index is 125. The molecule has 52 valence electrons. The standard InChI is InChI=1S/C4H8N2O3/c1-3(4(5)8)6(9)2-7/h2-3,9H,1H3,(H2,5,8). The Labute approximate surface area is 52.0 Å². The first-order chi connectivity index (χ1) is 4.09. The van der Waals surface area contributed by atoms with Gasteiger partial charge < -0.3 is 5.73 Å². The first-order valence-corrected chi connectivity index (χ1v) is 2.31. The van der Waals surface area contributed by atoms with E-state index in [1.807, 2.05) is 0 Å². The minimum Gasteiger partial charge on any atom is -0.368 e. The van der Waals surface area contributed by atoms with Crippen molar-refractivity contribution < 1.29 is 14.8 Å². The van der Waals surface area contributed by atoms with E-state index in [0.29, 0.717) is 0 Å². The molecule has 0 saturated heterocycles. The van der Waals surface area contributed by atoms with Crippen molar-refractivity contribution in [2.75, 3.05) is 0 Å². The normalized spacial score (nSPS) is 12.2. The van der Waals surface area contributed by atoms with E-state index in [9.17, 15) is 9.59 Å². The lowest BCUT2D eigenvalue weighted by atomic mass is 10.3. The van der Waals surface area contributed by atoms with E-state index >= 15 is 0 Å². The number of rotatable bonds is 3. The Kier molecular flexibility index (Phi) is 2.66. The van der Waals surface area contributed by atoms with Gasteiger partial charge in [0.05, 0.1) is 0 Å². The smallest absolute Gasteiger partial charge is 0.242 e. The van der Waals surface area contributed by atoms with Crippen LogP contribution in [0.25, 0.3) is 0 Å². The molecule has 0 aliphatic heterocycles. The molecule has 0 heterocycles. The second-order valence-electron chi connectivity index (χ2n) is 1.56. The summed E-state index contributed by atoms with van der Waals surface area (Å²) in [6.45, 7) is 1.32. The predicted octanol–water partition coefficient (Wildman–Crippen LogP) is -1.29. The van der Waals surface area contributed by atoms with Crippen molar-refractivity contribution >= 4 is 12.3 Å². The fraction of sp³-hybridized carbons (Fsp3) is 0.500. The summed E-state index contributed by atoms with van der Waals surface area (Å²) in [5.41, 5.74) is 4.71. The Morgan fingerprint density at radius 1 is 1.89 bits per heavy atom. The zero-order valence-corrected chi connectivity index (χ0v) is 4.94. The number of hydrogen-bond donors (Lipinski definition) is 2. The molecule has 1 atom stereocenters. The van der Waals surface area contributed by atoms with E-state index in [4.69, 9.17) is 10.9 Å². The average Bonchev–Trinajstić information content (AvgIpc) is 1.84. The van der Waals surface area contributed by atoms with Gasteiger partial charge in [-0.05, 0) is 6.92 Å². The van der Waals surface area contributed by atoms with Crippen LogP contribution in [0.1, 0.15) is 6.92 Å². The lowest BCUT2D eigenvalue weighted by Crippen LogP contribution is -2.39. The van der Waals surface area contributed by atoms with Gasteiger partial charge in [0.15, 0.2) is 0 Å². The van der Waals surface area contributed by atoms with Gasteiger partial charge in [0.25, 0.3) is 0 Å². The van der Waals surface area contributed by atoms with E-state index in [1.165, 1.54) is 6.92 Å². The second kappa shape index (κ2) is 3.03. The third-order valence-electron chi connectivity index (χ3n) is 0.917. The number of hydrogen-bond acceptors (Lipinski definition) is 3. The first kappa shape index (κ1) is 7.90. The summed E-state index contributed by atoms with van der Waals surface area (Å²) in [4.78, 5) is 19.9. The Morgan fingerprint density at radius 2 is 2.33 bits per heavy atom. The first-order valence-electron chi connectivity index (χ1n) is 2.31. The van der Waals surface area contributed by atoms with Crippen LogP contribution < -0.4 is 5.73 Å². The Morgan fingerprint density at radius 3 is 2.44 bits per heavy atom. The summed E-state index contributed by atoms with van der Waals surface area (Å²) in [5, 5.41) is 8.67. The number of carbonyl (C=O) groups is 2. The molecule has 0 aromatic heterocycles. The van der Waals surface area contributed by atoms with Gasteiger partial charge in [-0.3, -0.25) is 14.8 Å². The van der Waals surface area contributed by atoms with Crippen molar-refractivity contribution in [1.29, 1.82) is 0 Å². The van der Waals surface area contributed by atoms with Gasteiger partial charge in [0.1, 0.15) is 6.04 Å². The molecular formula is C4H8N2O3. The van der Waals surface area contributed by atoms with Gasteiger partial charge in [-0.15, -0.1) is 0 Å². The highest BCUT2D eigenvalue weighted by Crippen LogP contribution is 1.87. The topological polar surface area (TPSA) is 83.6 Å². The van der Waals surface area contributed by atoms with Crippen molar-refractivity contribution in [2.24, 2.45) is 5.73 Å². The van der Waals surface area contributed by atoms with Gasteiger partial charge in [-0.25, -0.2) is 5.06 Å². The lowest BCUT2D eigenvalue weighted by Gasteiger charge is -2.12. The maximum atomic E-state index is 10.2. The molecule has 0 rings (SSSR count). The molecule has 0 aromatic rings. The molecule has 5 nitrogen and oxygen atoms in total. The summed E-state index contributed by atoms with van der Waals surface area (Å²) < 4.78 is 0. The van der Waals surface area contributed by atoms with Crippen molar-refractivity contribution in [3.05, 3.63) is 0 Å². The molecule has 0 aliphatic carbocycles. The van der Waals surface area contributed by atoms with E-state index in [0.717, 1.165) is 0 Å². The zero-order valence-electron chi connectivity index (χ0n) is 4.94. The van der Waals surface area contributed by atoms with E-state index < -0.39 is 11.9 Å². The maximum absolute atomic E-state index is 10.2. The number of nitrogens with zero attached hydrogens (tertiary/aromatic N) is 1. The SMILES string of the molecule is CC(C(N)=O)N(O)C=O. The van der Waals surface area contributed by atoms with Crippen molar-refractivity contribution in [2.45, 2.75) is 13.0 Å². The fourth-order valence-corrected chi connectivity index (χ4v) is 0.222. The second-order valence-corrected chi connectivity index (χ2v) is 1.56. The van der Waals surface area contributed by atoms with E-state index in [2.05, 4.69) is 0 Å². The van der Waals surface area contributed by atoms with Crippen LogP contribution in [0.4, 0.5) is 0 Å². The maximum Gasteiger partial charge on any atom is 0.242 e. The highest BCUT2D eigenvalue weighted by molar-refractivity contribution is 5.80. The summed E-state index contributed by atoms with van der Waals surface area (Å²) in [5.74, 6) is -0.746. The minimum absolute atomic E-state index is 0.120. The van der Waals surface area contributed by atoms with Crippen LogP contribution in [-0.2, 0) is 9.59 Å². The lowest BCUT2D eigenvalue weighted by molar-refractivity contribution is -0.164. The van der Waals surface area contributed by atoms with Crippen LogP contribution in [0.3, 0.4) is 0 Å². The van der Waals surface area contributed by atoms with Crippen LogP contribution in [0.5, 0.6) is 0 Å². The number of primary amides is 1. The van der Waals surface area contributed by atoms with Crippen LogP contribution in [0.15, 0.2) is 0 Å². The average molecular weight is 132 g/mol. The molecule has 1 unspecified atom stereocenters. The molecule has 3 N–H and O–H groups in total. The third-order valence-corrected chi connectivity index (χ3v) is 0.917. The highest BCUT2D eigenvalue weighted by Gasteiger charge is 2.13. The number of nitrogens with two attached hydrogens (primary N) is 1. The number of carbonyl (C=O) groups excluding carboxylic acids is 2. The number of hydroxylamine groups is 2. The third kappa shape index (κ3) is 2.09. The van der Waals surface area contributed by atoms with E-state index in [1.54, 1.807) is 0 Å². The molecule has 0 fully saturated rings. The molecule has 0 aromatic carbocycles. The van der Waals surface area contributed by atoms with Gasteiger partial charge in [0, 0.05) is 0 Å². The summed E-state index contributed by atoms with van der Waals surface area (Å²) in [6, 6.07) is -0.956. The quantitative estimate of drug-likeness (QED) is 0.284. The van der Waals surface area contributed by atoms with Crippen LogP contribution in [-0.4, -0.2) is 28.6 Å². The molecule has 0 spiro atoms. The Hall–Kier alpha value is -1.10. The fourth-order valence-electron chi connectivity index (χ4n) is 0.222. The van der Waals surface area contributed by atoms with E-state index in [-0.39, 0.29) is 11.5 Å². The Balaban J connectivity index is 3.86. The molecule has 9 heavy (non-hydrogen) atoms. The minimum atomic E-state index is -0.956. The molecule has 0 radical (unpaired) electrons. The molecule has 0 aliphatic rings. The zero-order chi connectivity index (χ0) is 7.44. The highest BCUT2D eigenvalue weighted by atomic mass is 16.5. The van der Waals surface area contributed by atoms with Crippen LogP contribution in [0, 0.1) is 0 Å². The summed E-state index contributed by atoms with van der Waals surface area (Å²) in [6.07, 6.45) is 0.120. The largest absolute Gasteiger partial charge is 0.368 e.